The van der Waals surface area contributed by atoms with Crippen molar-refractivity contribution in [2.24, 2.45) is 0 Å². The van der Waals surface area contributed by atoms with Crippen LogP contribution in [0.2, 0.25) is 0 Å². The van der Waals surface area contributed by atoms with Crippen LogP contribution in [-0.4, -0.2) is 37.6 Å². The van der Waals surface area contributed by atoms with E-state index >= 15 is 0 Å². The predicted octanol–water partition coefficient (Wildman–Crippen LogP) is 4.19. The van der Waals surface area contributed by atoms with Crippen molar-refractivity contribution < 1.29 is 4.74 Å². The van der Waals surface area contributed by atoms with E-state index in [1.54, 1.807) is 7.11 Å². The monoisotopic (exact) mass is 385 g/mol. The lowest BCUT2D eigenvalue weighted by atomic mass is 9.87. The van der Waals surface area contributed by atoms with Gasteiger partial charge in [0.15, 0.2) is 0 Å². The summed E-state index contributed by atoms with van der Waals surface area (Å²) in [6.45, 7) is 5.12. The molecule has 1 aromatic carbocycles. The van der Waals surface area contributed by atoms with Crippen LogP contribution in [0.25, 0.3) is 5.57 Å². The van der Waals surface area contributed by atoms with Crippen LogP contribution < -0.4 is 4.74 Å². The third-order valence-electron chi connectivity index (χ3n) is 3.25. The van der Waals surface area contributed by atoms with E-state index in [9.17, 15) is 0 Å². The first-order valence-corrected chi connectivity index (χ1v) is 8.85. The highest BCUT2D eigenvalue weighted by Gasteiger charge is 2.15. The van der Waals surface area contributed by atoms with Crippen LogP contribution in [0.5, 0.6) is 5.75 Å². The molecule has 0 saturated heterocycles. The maximum absolute atomic E-state index is 5.29. The van der Waals surface area contributed by atoms with E-state index < -0.39 is 0 Å². The standard InChI is InChI=1S/C16H21NO.CH3I/c1-12(11-17(2)3)15-7-5-6-13-10-14(18-4)8-9-16(13)15;1-2/h7-10H,1,5-6,11H2,2-4H3;1H3. The molecule has 2 rings (SSSR count). The number of alkyl halides is 1. The number of halogens is 1. The minimum atomic E-state index is 0.900. The van der Waals surface area contributed by atoms with Gasteiger partial charge in [-0.3, -0.25) is 0 Å². The van der Waals surface area contributed by atoms with E-state index in [-0.39, 0.29) is 0 Å². The third kappa shape index (κ3) is 4.35. The average Bonchev–Trinajstić information content (AvgIpc) is 2.47. The number of allylic oxidation sites excluding steroid dienone is 1. The van der Waals surface area contributed by atoms with Gasteiger partial charge in [-0.2, -0.15) is 0 Å². The number of rotatable bonds is 4. The van der Waals surface area contributed by atoms with Crippen LogP contribution in [0.15, 0.2) is 36.4 Å². The summed E-state index contributed by atoms with van der Waals surface area (Å²) in [5.41, 5.74) is 5.17. The molecule has 1 aliphatic rings. The highest BCUT2D eigenvalue weighted by Crippen LogP contribution is 2.33. The van der Waals surface area contributed by atoms with Crippen molar-refractivity contribution >= 4 is 28.2 Å². The second-order valence-corrected chi connectivity index (χ2v) is 5.02. The SMILES string of the molecule is C=C(CN(C)C)C1=CCCc2cc(OC)ccc21.CI. The summed E-state index contributed by atoms with van der Waals surface area (Å²) in [5, 5.41) is 0. The van der Waals surface area contributed by atoms with E-state index in [0.717, 1.165) is 25.1 Å². The topological polar surface area (TPSA) is 12.5 Å². The first-order valence-electron chi connectivity index (χ1n) is 6.70. The van der Waals surface area contributed by atoms with Gasteiger partial charge in [-0.25, -0.2) is 0 Å². The molecule has 0 radical (unpaired) electrons. The number of ether oxygens (including phenoxy) is 1. The highest BCUT2D eigenvalue weighted by atomic mass is 127. The van der Waals surface area contributed by atoms with Crippen molar-refractivity contribution in [2.75, 3.05) is 32.7 Å². The second-order valence-electron chi connectivity index (χ2n) is 5.02. The first-order chi connectivity index (χ1) is 9.61. The molecule has 0 aromatic heterocycles. The normalized spacial score (nSPS) is 13.0. The Morgan fingerprint density at radius 1 is 1.35 bits per heavy atom. The molecule has 0 atom stereocenters. The van der Waals surface area contributed by atoms with Crippen LogP contribution in [0.1, 0.15) is 17.5 Å². The number of fused-ring (bicyclic) bond motifs is 1. The summed E-state index contributed by atoms with van der Waals surface area (Å²) in [6, 6.07) is 6.33. The number of nitrogens with zero attached hydrogens (tertiary/aromatic N) is 1. The maximum atomic E-state index is 5.29. The Hall–Kier alpha value is -0.810. The van der Waals surface area contributed by atoms with E-state index in [4.69, 9.17) is 4.74 Å². The smallest absolute Gasteiger partial charge is 0.119 e. The number of likely N-dealkylation sites (N-methyl/N-ethyl adjacent to an activating group) is 1. The lowest BCUT2D eigenvalue weighted by Crippen LogP contribution is -2.16. The van der Waals surface area contributed by atoms with Crippen molar-refractivity contribution in [1.29, 1.82) is 0 Å². The molecule has 0 N–H and O–H groups in total. The zero-order valence-corrected chi connectivity index (χ0v) is 15.0. The van der Waals surface area contributed by atoms with E-state index in [1.807, 2.05) is 11.0 Å². The minimum absolute atomic E-state index is 0.900. The van der Waals surface area contributed by atoms with E-state index in [1.165, 1.54) is 22.3 Å². The molecule has 0 spiro atoms. The molecule has 2 nitrogen and oxygen atoms in total. The van der Waals surface area contributed by atoms with Gasteiger partial charge in [0.2, 0.25) is 0 Å². The van der Waals surface area contributed by atoms with Gasteiger partial charge in [-0.15, -0.1) is 0 Å². The van der Waals surface area contributed by atoms with Gasteiger partial charge < -0.3 is 9.64 Å². The molecule has 0 saturated carbocycles. The Balaban J connectivity index is 0.000000956. The Morgan fingerprint density at radius 2 is 2.05 bits per heavy atom. The van der Waals surface area contributed by atoms with Crippen LogP contribution in [0, 0.1) is 0 Å². The summed E-state index contributed by atoms with van der Waals surface area (Å²) in [5.74, 6) is 0.938. The van der Waals surface area contributed by atoms with Crippen LogP contribution in [0.4, 0.5) is 0 Å². The van der Waals surface area contributed by atoms with Gasteiger partial charge in [0.1, 0.15) is 5.75 Å². The van der Waals surface area contributed by atoms with Crippen molar-refractivity contribution in [3.8, 4) is 5.75 Å². The summed E-state index contributed by atoms with van der Waals surface area (Å²) in [7, 11) is 5.86. The molecule has 1 aliphatic carbocycles. The Morgan fingerprint density at radius 3 is 2.65 bits per heavy atom. The molecule has 0 aliphatic heterocycles. The molecule has 0 unspecified atom stereocenters. The zero-order chi connectivity index (χ0) is 15.1. The average molecular weight is 385 g/mol. The van der Waals surface area contributed by atoms with Crippen LogP contribution in [-0.2, 0) is 6.42 Å². The molecule has 3 heteroatoms. The van der Waals surface area contributed by atoms with Gasteiger partial charge in [0.25, 0.3) is 0 Å². The molecule has 0 bridgehead atoms. The fraction of sp³-hybridized carbons (Fsp3) is 0.412. The first kappa shape index (κ1) is 17.2. The number of hydrogen-bond acceptors (Lipinski definition) is 2. The molecular formula is C17H24INO. The van der Waals surface area contributed by atoms with Crippen LogP contribution >= 0.6 is 22.6 Å². The highest BCUT2D eigenvalue weighted by molar-refractivity contribution is 14.1. The molecule has 0 fully saturated rings. The fourth-order valence-electron chi connectivity index (χ4n) is 2.45. The Kier molecular flexibility index (Phi) is 7.30. The van der Waals surface area contributed by atoms with Crippen molar-refractivity contribution in [3.05, 3.63) is 47.6 Å². The number of benzene rings is 1. The summed E-state index contributed by atoms with van der Waals surface area (Å²) in [6.07, 6.45) is 4.48. The summed E-state index contributed by atoms with van der Waals surface area (Å²) < 4.78 is 5.29. The Bertz CT molecular complexity index is 492. The molecule has 110 valence electrons. The van der Waals surface area contributed by atoms with Crippen molar-refractivity contribution in [3.63, 3.8) is 0 Å². The van der Waals surface area contributed by atoms with Gasteiger partial charge in [0, 0.05) is 6.54 Å². The van der Waals surface area contributed by atoms with Crippen LogP contribution in [0.3, 0.4) is 0 Å². The van der Waals surface area contributed by atoms with Crippen molar-refractivity contribution in [1.82, 2.24) is 4.90 Å². The van der Waals surface area contributed by atoms with Gasteiger partial charge in [0.05, 0.1) is 7.11 Å². The lowest BCUT2D eigenvalue weighted by molar-refractivity contribution is 0.414. The lowest BCUT2D eigenvalue weighted by Gasteiger charge is -2.22. The summed E-state index contributed by atoms with van der Waals surface area (Å²) in [4.78, 5) is 4.12. The minimum Gasteiger partial charge on any atom is -0.497 e. The molecule has 20 heavy (non-hydrogen) atoms. The van der Waals surface area contributed by atoms with Gasteiger partial charge in [-0.05, 0) is 66.3 Å². The fourth-order valence-corrected chi connectivity index (χ4v) is 2.45. The Labute approximate surface area is 136 Å². The van der Waals surface area contributed by atoms with E-state index in [0.29, 0.717) is 0 Å². The largest absolute Gasteiger partial charge is 0.497 e. The number of hydrogen-bond donors (Lipinski definition) is 0. The van der Waals surface area contributed by atoms with Crippen molar-refractivity contribution in [2.45, 2.75) is 12.8 Å². The predicted molar refractivity (Wildman–Crippen MR) is 96.9 cm³/mol. The van der Waals surface area contributed by atoms with Gasteiger partial charge in [-0.1, -0.05) is 41.3 Å². The quantitative estimate of drug-likeness (QED) is 0.569. The van der Waals surface area contributed by atoms with Gasteiger partial charge >= 0.3 is 0 Å². The molecule has 0 heterocycles. The molecular weight excluding hydrogens is 361 g/mol. The number of aryl methyl sites for hydroxylation is 1. The summed E-state index contributed by atoms with van der Waals surface area (Å²) >= 11 is 2.15. The molecule has 1 aromatic rings. The zero-order valence-electron chi connectivity index (χ0n) is 12.9. The molecule has 0 amide bonds. The number of methoxy groups -OCH3 is 1. The third-order valence-corrected chi connectivity index (χ3v) is 3.25. The second kappa shape index (κ2) is 8.47. The maximum Gasteiger partial charge on any atom is 0.119 e. The van der Waals surface area contributed by atoms with E-state index in [2.05, 4.69) is 66.4 Å².